The van der Waals surface area contributed by atoms with Crippen molar-refractivity contribution in [3.8, 4) is 0 Å². The Bertz CT molecular complexity index is 844. The number of benzene rings is 1. The lowest BCUT2D eigenvalue weighted by Crippen LogP contribution is -2.40. The van der Waals surface area contributed by atoms with Crippen molar-refractivity contribution in [3.05, 3.63) is 29.8 Å². The number of rotatable bonds is 6. The van der Waals surface area contributed by atoms with Crippen molar-refractivity contribution in [1.29, 1.82) is 0 Å². The van der Waals surface area contributed by atoms with E-state index in [1.54, 1.807) is 7.05 Å². The molecule has 11 heteroatoms. The fourth-order valence-electron chi connectivity index (χ4n) is 2.31. The molecule has 1 aliphatic heterocycles. The first-order valence-corrected chi connectivity index (χ1v) is 9.97. The predicted octanol–water partition coefficient (Wildman–Crippen LogP) is 0.206. The second-order valence-corrected chi connectivity index (χ2v) is 8.22. The minimum absolute atomic E-state index is 0.122. The van der Waals surface area contributed by atoms with Gasteiger partial charge in [-0.05, 0) is 22.6 Å². The van der Waals surface area contributed by atoms with Crippen LogP contribution in [-0.2, 0) is 21.8 Å². The summed E-state index contributed by atoms with van der Waals surface area (Å²) in [5.74, 6) is 0.0485. The number of ketones is 1. The average Bonchev–Trinajstić information content (AvgIpc) is 3.05. The van der Waals surface area contributed by atoms with Gasteiger partial charge in [0.05, 0.1) is 23.9 Å². The summed E-state index contributed by atoms with van der Waals surface area (Å²) in [7, 11) is -1.86. The van der Waals surface area contributed by atoms with Crippen LogP contribution in [0.15, 0.2) is 34.3 Å². The van der Waals surface area contributed by atoms with Crippen LogP contribution in [-0.4, -0.2) is 70.8 Å². The SMILES string of the molecule is Cn1nnnc1SCC(=O)c1ccc(S(=O)(=O)N2CCOCC2)cc1. The molecule has 0 N–H and O–H groups in total. The number of aromatic nitrogens is 4. The highest BCUT2D eigenvalue weighted by atomic mass is 32.2. The summed E-state index contributed by atoms with van der Waals surface area (Å²) < 4.78 is 33.1. The van der Waals surface area contributed by atoms with Gasteiger partial charge in [-0.15, -0.1) is 5.10 Å². The molecule has 1 saturated heterocycles. The summed E-state index contributed by atoms with van der Waals surface area (Å²) in [4.78, 5) is 12.4. The van der Waals surface area contributed by atoms with Crippen molar-refractivity contribution < 1.29 is 17.9 Å². The Balaban J connectivity index is 1.67. The summed E-state index contributed by atoms with van der Waals surface area (Å²) in [5.41, 5.74) is 0.448. The van der Waals surface area contributed by atoms with Gasteiger partial charge in [-0.1, -0.05) is 23.9 Å². The molecule has 0 spiro atoms. The number of hydrogen-bond acceptors (Lipinski definition) is 8. The number of hydrogen-bond donors (Lipinski definition) is 0. The van der Waals surface area contributed by atoms with E-state index in [-0.39, 0.29) is 16.4 Å². The van der Waals surface area contributed by atoms with Gasteiger partial charge < -0.3 is 4.74 Å². The fraction of sp³-hybridized carbons (Fsp3) is 0.429. The number of carbonyl (C=O) groups is 1. The minimum atomic E-state index is -3.55. The lowest BCUT2D eigenvalue weighted by molar-refractivity contribution is 0.0730. The number of sulfonamides is 1. The second-order valence-electron chi connectivity index (χ2n) is 5.34. The zero-order chi connectivity index (χ0) is 17.9. The lowest BCUT2D eigenvalue weighted by Gasteiger charge is -2.26. The molecule has 2 aromatic rings. The largest absolute Gasteiger partial charge is 0.379 e. The van der Waals surface area contributed by atoms with E-state index in [9.17, 15) is 13.2 Å². The maximum absolute atomic E-state index is 12.5. The van der Waals surface area contributed by atoms with Crippen LogP contribution >= 0.6 is 11.8 Å². The number of Topliss-reactive ketones (excluding diaryl/α,β-unsaturated/α-hetero) is 1. The van der Waals surface area contributed by atoms with Crippen molar-refractivity contribution in [2.45, 2.75) is 10.1 Å². The molecule has 1 fully saturated rings. The molecule has 9 nitrogen and oxygen atoms in total. The molecule has 3 rings (SSSR count). The molecule has 1 aromatic carbocycles. The van der Waals surface area contributed by atoms with Gasteiger partial charge in [0, 0.05) is 25.7 Å². The van der Waals surface area contributed by atoms with Gasteiger partial charge in [-0.2, -0.15) is 4.31 Å². The van der Waals surface area contributed by atoms with E-state index >= 15 is 0 Å². The number of carbonyl (C=O) groups excluding carboxylic acids is 1. The molecule has 0 bridgehead atoms. The topological polar surface area (TPSA) is 107 Å². The quantitative estimate of drug-likeness (QED) is 0.514. The summed E-state index contributed by atoms with van der Waals surface area (Å²) in [5, 5.41) is 11.5. The second kappa shape index (κ2) is 7.60. The van der Waals surface area contributed by atoms with Crippen LogP contribution in [0.2, 0.25) is 0 Å². The van der Waals surface area contributed by atoms with Gasteiger partial charge >= 0.3 is 0 Å². The zero-order valence-corrected chi connectivity index (χ0v) is 15.2. The highest BCUT2D eigenvalue weighted by Gasteiger charge is 2.26. The van der Waals surface area contributed by atoms with Gasteiger partial charge in [0.15, 0.2) is 5.78 Å². The van der Waals surface area contributed by atoms with Crippen molar-refractivity contribution in [1.82, 2.24) is 24.5 Å². The van der Waals surface area contributed by atoms with Crippen LogP contribution in [0.5, 0.6) is 0 Å². The summed E-state index contributed by atoms with van der Waals surface area (Å²) in [6, 6.07) is 6.00. The normalized spacial score (nSPS) is 16.0. The van der Waals surface area contributed by atoms with Crippen LogP contribution in [0.25, 0.3) is 0 Å². The molecule has 0 atom stereocenters. The fourth-order valence-corrected chi connectivity index (χ4v) is 4.46. The van der Waals surface area contributed by atoms with Crippen molar-refractivity contribution in [3.63, 3.8) is 0 Å². The van der Waals surface area contributed by atoms with Gasteiger partial charge in [-0.3, -0.25) is 4.79 Å². The molecule has 0 radical (unpaired) electrons. The summed E-state index contributed by atoms with van der Waals surface area (Å²) >= 11 is 1.23. The van der Waals surface area contributed by atoms with Crippen LogP contribution < -0.4 is 0 Å². The molecule has 0 unspecified atom stereocenters. The predicted molar refractivity (Wildman–Crippen MR) is 89.9 cm³/mol. The number of ether oxygens (including phenoxy) is 1. The van der Waals surface area contributed by atoms with Gasteiger partial charge in [0.2, 0.25) is 15.2 Å². The highest BCUT2D eigenvalue weighted by Crippen LogP contribution is 2.19. The van der Waals surface area contributed by atoms with E-state index < -0.39 is 10.0 Å². The molecule has 1 aliphatic rings. The average molecular weight is 383 g/mol. The Morgan fingerprint density at radius 2 is 1.92 bits per heavy atom. The molecule has 0 aliphatic carbocycles. The van der Waals surface area contributed by atoms with Crippen LogP contribution in [0.3, 0.4) is 0 Å². The molecule has 1 aromatic heterocycles. The van der Waals surface area contributed by atoms with E-state index in [1.807, 2.05) is 0 Å². The van der Waals surface area contributed by atoms with Crippen molar-refractivity contribution in [2.24, 2.45) is 7.05 Å². The van der Waals surface area contributed by atoms with Crippen molar-refractivity contribution in [2.75, 3.05) is 32.1 Å². The zero-order valence-electron chi connectivity index (χ0n) is 13.5. The summed E-state index contributed by atoms with van der Waals surface area (Å²) in [6.45, 7) is 1.46. The van der Waals surface area contributed by atoms with Crippen LogP contribution in [0.4, 0.5) is 0 Å². The Morgan fingerprint density at radius 1 is 1.24 bits per heavy atom. The summed E-state index contributed by atoms with van der Waals surface area (Å²) in [6.07, 6.45) is 0. The van der Waals surface area contributed by atoms with E-state index in [4.69, 9.17) is 4.74 Å². The molecular weight excluding hydrogens is 366 g/mol. The number of nitrogens with zero attached hydrogens (tertiary/aromatic N) is 5. The van der Waals surface area contributed by atoms with E-state index in [0.29, 0.717) is 37.0 Å². The standard InChI is InChI=1S/C14H17N5O4S2/c1-18-14(15-16-17-18)24-10-13(20)11-2-4-12(5-3-11)25(21,22)19-6-8-23-9-7-19/h2-5H,6-10H2,1H3. The maximum atomic E-state index is 12.5. The number of aryl methyl sites for hydroxylation is 1. The maximum Gasteiger partial charge on any atom is 0.243 e. The molecule has 134 valence electrons. The lowest BCUT2D eigenvalue weighted by atomic mass is 10.1. The first kappa shape index (κ1) is 18.0. The van der Waals surface area contributed by atoms with E-state index in [2.05, 4.69) is 15.5 Å². The Hall–Kier alpha value is -1.82. The van der Waals surface area contributed by atoms with Crippen LogP contribution in [0.1, 0.15) is 10.4 Å². The van der Waals surface area contributed by atoms with Crippen LogP contribution in [0, 0.1) is 0 Å². The first-order valence-electron chi connectivity index (χ1n) is 7.55. The number of morpholine rings is 1. The smallest absolute Gasteiger partial charge is 0.243 e. The molecule has 0 saturated carbocycles. The third-order valence-electron chi connectivity index (χ3n) is 3.70. The van der Waals surface area contributed by atoms with Crippen molar-refractivity contribution >= 4 is 27.6 Å². The Morgan fingerprint density at radius 3 is 2.52 bits per heavy atom. The molecule has 25 heavy (non-hydrogen) atoms. The molecule has 0 amide bonds. The monoisotopic (exact) mass is 383 g/mol. The van der Waals surface area contributed by atoms with E-state index in [1.165, 1.54) is 45.0 Å². The molecule has 2 heterocycles. The van der Waals surface area contributed by atoms with Gasteiger partial charge in [-0.25, -0.2) is 13.1 Å². The number of thioether (sulfide) groups is 1. The first-order chi connectivity index (χ1) is 12.0. The Labute approximate surface area is 149 Å². The number of tetrazole rings is 1. The van der Waals surface area contributed by atoms with Gasteiger partial charge in [0.25, 0.3) is 0 Å². The minimum Gasteiger partial charge on any atom is -0.379 e. The van der Waals surface area contributed by atoms with Gasteiger partial charge in [0.1, 0.15) is 0 Å². The van der Waals surface area contributed by atoms with E-state index in [0.717, 1.165) is 0 Å². The third-order valence-corrected chi connectivity index (χ3v) is 6.62. The molecular formula is C14H17N5O4S2. The Kier molecular flexibility index (Phi) is 5.47. The third kappa shape index (κ3) is 4.06. The highest BCUT2D eigenvalue weighted by molar-refractivity contribution is 7.99.